The summed E-state index contributed by atoms with van der Waals surface area (Å²) in [6.45, 7) is 0.880. The highest BCUT2D eigenvalue weighted by Gasteiger charge is 2.26. The van der Waals surface area contributed by atoms with Crippen LogP contribution in [0.15, 0.2) is 54.4 Å². The van der Waals surface area contributed by atoms with Crippen LogP contribution in [0.25, 0.3) is 5.57 Å². The molecule has 3 N–H and O–H groups in total. The molecule has 94 valence electrons. The topological polar surface area (TPSA) is 61.8 Å². The van der Waals surface area contributed by atoms with Gasteiger partial charge in [0.1, 0.15) is 0 Å². The van der Waals surface area contributed by atoms with Crippen LogP contribution in [-0.4, -0.2) is 6.54 Å². The van der Waals surface area contributed by atoms with Crippen molar-refractivity contribution in [1.29, 1.82) is 5.26 Å². The van der Waals surface area contributed by atoms with E-state index in [9.17, 15) is 0 Å². The quantitative estimate of drug-likeness (QED) is 0.801. The average Bonchev–Trinajstić information content (AvgIpc) is 2.47. The molecule has 1 aliphatic heterocycles. The van der Waals surface area contributed by atoms with E-state index in [0.29, 0.717) is 17.4 Å². The Morgan fingerprint density at radius 1 is 1.37 bits per heavy atom. The maximum Gasteiger partial charge on any atom is 0.0991 e. The van der Waals surface area contributed by atoms with Gasteiger partial charge < -0.3 is 11.1 Å². The minimum atomic E-state index is 0.340. The zero-order valence-electron chi connectivity index (χ0n) is 10.5. The van der Waals surface area contributed by atoms with Crippen LogP contribution in [0.3, 0.4) is 0 Å². The first-order valence-electron chi connectivity index (χ1n) is 6.37. The van der Waals surface area contributed by atoms with E-state index >= 15 is 0 Å². The fourth-order valence-electron chi connectivity index (χ4n) is 2.65. The Balaban J connectivity index is 2.01. The van der Waals surface area contributed by atoms with Crippen LogP contribution in [0.1, 0.15) is 11.1 Å². The molecule has 3 rings (SSSR count). The van der Waals surface area contributed by atoms with Crippen LogP contribution in [-0.2, 0) is 0 Å². The number of nitrogens with one attached hydrogen (secondary N) is 1. The molecule has 0 saturated carbocycles. The third-order valence-corrected chi connectivity index (χ3v) is 3.69. The molecule has 0 fully saturated rings. The predicted molar refractivity (Wildman–Crippen MR) is 75.5 cm³/mol. The molecular weight excluding hydrogens is 234 g/mol. The van der Waals surface area contributed by atoms with Crippen LogP contribution in [0.2, 0.25) is 0 Å². The highest BCUT2D eigenvalue weighted by atomic mass is 14.9. The van der Waals surface area contributed by atoms with E-state index in [-0.39, 0.29) is 0 Å². The molecule has 0 aromatic heterocycles. The first-order valence-corrected chi connectivity index (χ1v) is 6.37. The lowest BCUT2D eigenvalue weighted by atomic mass is 9.80. The largest absolute Gasteiger partial charge is 0.402 e. The SMILES string of the molecule is N#Cc1cccc(C2=CC3C=CNCC3C(N)=C2)c1. The number of fused-ring (bicyclic) bond motifs is 1. The van der Waals surface area contributed by atoms with E-state index in [1.807, 2.05) is 36.5 Å². The molecule has 3 heteroatoms. The number of nitriles is 1. The van der Waals surface area contributed by atoms with Crippen molar-refractivity contribution in [3.63, 3.8) is 0 Å². The van der Waals surface area contributed by atoms with Crippen molar-refractivity contribution in [2.45, 2.75) is 0 Å². The van der Waals surface area contributed by atoms with Gasteiger partial charge >= 0.3 is 0 Å². The highest BCUT2D eigenvalue weighted by Crippen LogP contribution is 2.33. The van der Waals surface area contributed by atoms with Gasteiger partial charge in [0.05, 0.1) is 11.6 Å². The van der Waals surface area contributed by atoms with Crippen LogP contribution >= 0.6 is 0 Å². The Morgan fingerprint density at radius 3 is 3.11 bits per heavy atom. The van der Waals surface area contributed by atoms with Gasteiger partial charge in [-0.2, -0.15) is 5.26 Å². The fourth-order valence-corrected chi connectivity index (χ4v) is 2.65. The van der Waals surface area contributed by atoms with Crippen LogP contribution in [0.4, 0.5) is 0 Å². The molecule has 3 nitrogen and oxygen atoms in total. The van der Waals surface area contributed by atoms with Crippen molar-refractivity contribution in [1.82, 2.24) is 5.32 Å². The lowest BCUT2D eigenvalue weighted by molar-refractivity contribution is 0.476. The Labute approximate surface area is 112 Å². The van der Waals surface area contributed by atoms with Crippen molar-refractivity contribution in [2.24, 2.45) is 17.6 Å². The number of hydrogen-bond donors (Lipinski definition) is 2. The second-order valence-corrected chi connectivity index (χ2v) is 4.91. The van der Waals surface area contributed by atoms with E-state index < -0.39 is 0 Å². The van der Waals surface area contributed by atoms with Crippen molar-refractivity contribution >= 4 is 5.57 Å². The standard InChI is InChI=1S/C16H15N3/c17-9-11-2-1-3-12(6-11)14-7-13-4-5-19-10-15(13)16(18)8-14/h1-8,13,15,19H,10,18H2. The van der Waals surface area contributed by atoms with Gasteiger partial charge in [0.2, 0.25) is 0 Å². The Hall–Kier alpha value is -2.47. The van der Waals surface area contributed by atoms with E-state index in [1.54, 1.807) is 0 Å². The number of hydrogen-bond acceptors (Lipinski definition) is 3. The lowest BCUT2D eigenvalue weighted by Crippen LogP contribution is -2.33. The highest BCUT2D eigenvalue weighted by molar-refractivity contribution is 5.77. The maximum absolute atomic E-state index is 8.97. The summed E-state index contributed by atoms with van der Waals surface area (Å²) in [6, 6.07) is 9.81. The molecule has 19 heavy (non-hydrogen) atoms. The second-order valence-electron chi connectivity index (χ2n) is 4.91. The minimum absolute atomic E-state index is 0.340. The summed E-state index contributed by atoms with van der Waals surface area (Å²) in [7, 11) is 0. The minimum Gasteiger partial charge on any atom is -0.402 e. The summed E-state index contributed by atoms with van der Waals surface area (Å²) in [5.74, 6) is 0.680. The van der Waals surface area contributed by atoms with Crippen molar-refractivity contribution in [3.8, 4) is 6.07 Å². The molecule has 2 atom stereocenters. The molecule has 1 heterocycles. The smallest absolute Gasteiger partial charge is 0.0991 e. The van der Waals surface area contributed by atoms with E-state index in [1.165, 1.54) is 0 Å². The van der Waals surface area contributed by atoms with Gasteiger partial charge in [-0.25, -0.2) is 0 Å². The van der Waals surface area contributed by atoms with Crippen LogP contribution < -0.4 is 11.1 Å². The van der Waals surface area contributed by atoms with Gasteiger partial charge in [0, 0.05) is 24.1 Å². The molecule has 1 aromatic rings. The van der Waals surface area contributed by atoms with Crippen LogP contribution in [0, 0.1) is 23.2 Å². The Kier molecular flexibility index (Phi) is 2.85. The predicted octanol–water partition coefficient (Wildman–Crippen LogP) is 2.15. The first-order chi connectivity index (χ1) is 9.28. The summed E-state index contributed by atoms with van der Waals surface area (Å²) in [5.41, 5.74) is 9.90. The van der Waals surface area contributed by atoms with E-state index in [4.69, 9.17) is 11.0 Å². The monoisotopic (exact) mass is 249 g/mol. The lowest BCUT2D eigenvalue weighted by Gasteiger charge is -2.30. The molecule has 0 radical (unpaired) electrons. The third-order valence-electron chi connectivity index (χ3n) is 3.69. The Bertz CT molecular complexity index is 632. The van der Waals surface area contributed by atoms with Crippen molar-refractivity contribution in [3.05, 3.63) is 65.5 Å². The van der Waals surface area contributed by atoms with Crippen LogP contribution in [0.5, 0.6) is 0 Å². The summed E-state index contributed by atoms with van der Waals surface area (Å²) in [4.78, 5) is 0. The second kappa shape index (κ2) is 4.66. The maximum atomic E-state index is 8.97. The number of allylic oxidation sites excluding steroid dienone is 4. The molecule has 0 spiro atoms. The average molecular weight is 249 g/mol. The third kappa shape index (κ3) is 2.13. The summed E-state index contributed by atoms with van der Waals surface area (Å²) >= 11 is 0. The molecule has 1 aromatic carbocycles. The number of benzene rings is 1. The van der Waals surface area contributed by atoms with E-state index in [0.717, 1.165) is 23.4 Å². The molecule has 0 saturated heterocycles. The normalized spacial score (nSPS) is 24.6. The fraction of sp³-hybridized carbons (Fsp3) is 0.188. The molecule has 2 unspecified atom stereocenters. The van der Waals surface area contributed by atoms with Crippen molar-refractivity contribution < 1.29 is 0 Å². The summed E-state index contributed by atoms with van der Waals surface area (Å²) in [5, 5.41) is 12.2. The molecular formula is C16H15N3. The zero-order valence-corrected chi connectivity index (χ0v) is 10.5. The van der Waals surface area contributed by atoms with Gasteiger partial charge in [-0.15, -0.1) is 0 Å². The first kappa shape index (κ1) is 11.6. The molecule has 2 aliphatic rings. The van der Waals surface area contributed by atoms with Gasteiger partial charge in [-0.3, -0.25) is 0 Å². The summed E-state index contributed by atoms with van der Waals surface area (Å²) in [6.07, 6.45) is 8.38. The number of nitrogens with two attached hydrogens (primary N) is 1. The molecule has 0 bridgehead atoms. The zero-order chi connectivity index (χ0) is 13.2. The molecule has 0 amide bonds. The summed E-state index contributed by atoms with van der Waals surface area (Å²) < 4.78 is 0. The number of rotatable bonds is 1. The Morgan fingerprint density at radius 2 is 2.26 bits per heavy atom. The number of nitrogens with zero attached hydrogens (tertiary/aromatic N) is 1. The molecule has 1 aliphatic carbocycles. The van der Waals surface area contributed by atoms with Gasteiger partial charge in [0.25, 0.3) is 0 Å². The van der Waals surface area contributed by atoms with Gasteiger partial charge in [0.15, 0.2) is 0 Å². The van der Waals surface area contributed by atoms with Gasteiger partial charge in [-0.1, -0.05) is 24.3 Å². The van der Waals surface area contributed by atoms with E-state index in [2.05, 4.69) is 23.5 Å². The van der Waals surface area contributed by atoms with Crippen molar-refractivity contribution in [2.75, 3.05) is 6.54 Å². The van der Waals surface area contributed by atoms with Gasteiger partial charge in [-0.05, 0) is 35.5 Å².